The van der Waals surface area contributed by atoms with Crippen molar-refractivity contribution in [3.63, 3.8) is 0 Å². The first-order valence-electron chi connectivity index (χ1n) is 7.34. The van der Waals surface area contributed by atoms with E-state index in [1.54, 1.807) is 0 Å². The Balaban J connectivity index is 1.74. The predicted octanol–water partition coefficient (Wildman–Crippen LogP) is 3.20. The zero-order valence-electron chi connectivity index (χ0n) is 12.3. The van der Waals surface area contributed by atoms with Crippen LogP contribution in [-0.4, -0.2) is 24.2 Å². The molecule has 1 aliphatic carbocycles. The van der Waals surface area contributed by atoms with Crippen molar-refractivity contribution in [2.75, 3.05) is 13.7 Å². The molecule has 3 heteroatoms. The minimum absolute atomic E-state index is 0.0812. The number of fused-ring (bicyclic) bond motifs is 1. The van der Waals surface area contributed by atoms with Gasteiger partial charge in [-0.05, 0) is 43.9 Å². The SMILES string of the molecule is COC1(CNCc2cc(C)nc3ccccc23)CCC1. The number of hydrogen-bond acceptors (Lipinski definition) is 3. The van der Waals surface area contributed by atoms with E-state index < -0.39 is 0 Å². The van der Waals surface area contributed by atoms with Crippen LogP contribution in [0.15, 0.2) is 30.3 Å². The average Bonchev–Trinajstić information content (AvgIpc) is 2.41. The summed E-state index contributed by atoms with van der Waals surface area (Å²) in [5.74, 6) is 0. The van der Waals surface area contributed by atoms with Crippen LogP contribution < -0.4 is 5.32 Å². The smallest absolute Gasteiger partial charge is 0.0802 e. The predicted molar refractivity (Wildman–Crippen MR) is 81.8 cm³/mol. The largest absolute Gasteiger partial charge is 0.377 e. The van der Waals surface area contributed by atoms with E-state index in [1.165, 1.54) is 30.2 Å². The molecule has 2 aromatic rings. The van der Waals surface area contributed by atoms with Crippen molar-refractivity contribution >= 4 is 10.9 Å². The number of pyridine rings is 1. The zero-order valence-corrected chi connectivity index (χ0v) is 12.3. The van der Waals surface area contributed by atoms with Gasteiger partial charge < -0.3 is 10.1 Å². The van der Waals surface area contributed by atoms with Crippen molar-refractivity contribution in [3.05, 3.63) is 41.6 Å². The van der Waals surface area contributed by atoms with Crippen LogP contribution in [0.5, 0.6) is 0 Å². The molecule has 1 aromatic heterocycles. The summed E-state index contributed by atoms with van der Waals surface area (Å²) in [4.78, 5) is 4.58. The van der Waals surface area contributed by atoms with Gasteiger partial charge in [0.1, 0.15) is 0 Å². The van der Waals surface area contributed by atoms with Crippen LogP contribution in [0.25, 0.3) is 10.9 Å². The number of benzene rings is 1. The molecule has 0 saturated heterocycles. The summed E-state index contributed by atoms with van der Waals surface area (Å²) in [5.41, 5.74) is 3.55. The maximum Gasteiger partial charge on any atom is 0.0802 e. The maximum atomic E-state index is 5.65. The number of nitrogens with one attached hydrogen (secondary N) is 1. The summed E-state index contributed by atoms with van der Waals surface area (Å²) in [6.07, 6.45) is 3.63. The first-order chi connectivity index (χ1) is 9.72. The highest BCUT2D eigenvalue weighted by molar-refractivity contribution is 5.82. The molecule has 0 spiro atoms. The Bertz CT molecular complexity index is 599. The lowest BCUT2D eigenvalue weighted by Crippen LogP contribution is -2.47. The molecule has 0 bridgehead atoms. The van der Waals surface area contributed by atoms with Crippen molar-refractivity contribution in [2.24, 2.45) is 0 Å². The van der Waals surface area contributed by atoms with Crippen LogP contribution >= 0.6 is 0 Å². The van der Waals surface area contributed by atoms with E-state index in [9.17, 15) is 0 Å². The lowest BCUT2D eigenvalue weighted by atomic mass is 9.80. The van der Waals surface area contributed by atoms with Gasteiger partial charge in [0.05, 0.1) is 11.1 Å². The molecular formula is C17H22N2O. The molecule has 0 radical (unpaired) electrons. The Morgan fingerprint density at radius 3 is 2.80 bits per heavy atom. The zero-order chi connectivity index (χ0) is 14.0. The average molecular weight is 270 g/mol. The third-order valence-electron chi connectivity index (χ3n) is 4.39. The lowest BCUT2D eigenvalue weighted by molar-refractivity contribution is -0.0695. The Labute approximate surface area is 120 Å². The lowest BCUT2D eigenvalue weighted by Gasteiger charge is -2.40. The van der Waals surface area contributed by atoms with E-state index in [0.29, 0.717) is 0 Å². The fourth-order valence-electron chi connectivity index (χ4n) is 2.99. The number of ether oxygens (including phenoxy) is 1. The molecule has 1 heterocycles. The highest BCUT2D eigenvalue weighted by atomic mass is 16.5. The van der Waals surface area contributed by atoms with Crippen molar-refractivity contribution in [3.8, 4) is 0 Å². The van der Waals surface area contributed by atoms with Crippen molar-refractivity contribution < 1.29 is 4.74 Å². The molecule has 1 aromatic carbocycles. The monoisotopic (exact) mass is 270 g/mol. The normalized spacial score (nSPS) is 17.1. The topological polar surface area (TPSA) is 34.1 Å². The van der Waals surface area contributed by atoms with Gasteiger partial charge in [0, 0.05) is 31.3 Å². The highest BCUT2D eigenvalue weighted by Gasteiger charge is 2.36. The second-order valence-electron chi connectivity index (χ2n) is 5.78. The summed E-state index contributed by atoms with van der Waals surface area (Å²) < 4.78 is 5.65. The molecule has 0 unspecified atom stereocenters. The van der Waals surface area contributed by atoms with Crippen LogP contribution in [0, 0.1) is 6.92 Å². The van der Waals surface area contributed by atoms with Crippen molar-refractivity contribution in [2.45, 2.75) is 38.3 Å². The second kappa shape index (κ2) is 5.51. The van der Waals surface area contributed by atoms with E-state index in [2.05, 4.69) is 41.5 Å². The summed E-state index contributed by atoms with van der Waals surface area (Å²) in [7, 11) is 1.83. The molecule has 1 N–H and O–H groups in total. The van der Waals surface area contributed by atoms with Gasteiger partial charge in [-0.3, -0.25) is 4.98 Å². The Kier molecular flexibility index (Phi) is 3.72. The molecule has 3 rings (SSSR count). The summed E-state index contributed by atoms with van der Waals surface area (Å²) in [6.45, 7) is 3.85. The van der Waals surface area contributed by atoms with E-state index >= 15 is 0 Å². The van der Waals surface area contributed by atoms with Gasteiger partial charge in [0.2, 0.25) is 0 Å². The summed E-state index contributed by atoms with van der Waals surface area (Å²) in [5, 5.41) is 4.80. The van der Waals surface area contributed by atoms with Gasteiger partial charge in [0.25, 0.3) is 0 Å². The first-order valence-corrected chi connectivity index (χ1v) is 7.34. The number of para-hydroxylation sites is 1. The van der Waals surface area contributed by atoms with Crippen LogP contribution in [0.3, 0.4) is 0 Å². The number of methoxy groups -OCH3 is 1. The quantitative estimate of drug-likeness (QED) is 0.906. The van der Waals surface area contributed by atoms with Crippen molar-refractivity contribution in [1.29, 1.82) is 0 Å². The molecule has 3 nitrogen and oxygen atoms in total. The third-order valence-corrected chi connectivity index (χ3v) is 4.39. The molecule has 106 valence electrons. The van der Waals surface area contributed by atoms with E-state index in [1.807, 2.05) is 13.2 Å². The highest BCUT2D eigenvalue weighted by Crippen LogP contribution is 2.34. The molecule has 20 heavy (non-hydrogen) atoms. The fraction of sp³-hybridized carbons (Fsp3) is 0.471. The third kappa shape index (κ3) is 2.56. The van der Waals surface area contributed by atoms with Gasteiger partial charge >= 0.3 is 0 Å². The number of nitrogens with zero attached hydrogens (tertiary/aromatic N) is 1. The Morgan fingerprint density at radius 1 is 1.30 bits per heavy atom. The number of aryl methyl sites for hydroxylation is 1. The standard InChI is InChI=1S/C17H22N2O/c1-13-10-14(15-6-3-4-7-16(15)19-13)11-18-12-17(20-2)8-5-9-17/h3-4,6-7,10,18H,5,8-9,11-12H2,1-2H3. The molecule has 1 aliphatic rings. The minimum Gasteiger partial charge on any atom is -0.377 e. The molecule has 1 saturated carbocycles. The second-order valence-corrected chi connectivity index (χ2v) is 5.78. The molecule has 1 fully saturated rings. The Morgan fingerprint density at radius 2 is 2.10 bits per heavy atom. The van der Waals surface area contributed by atoms with E-state index in [0.717, 1.165) is 24.3 Å². The minimum atomic E-state index is 0.0812. The maximum absolute atomic E-state index is 5.65. The molecular weight excluding hydrogens is 248 g/mol. The van der Waals surface area contributed by atoms with E-state index in [-0.39, 0.29) is 5.60 Å². The van der Waals surface area contributed by atoms with Gasteiger partial charge in [-0.15, -0.1) is 0 Å². The van der Waals surface area contributed by atoms with Gasteiger partial charge in [-0.1, -0.05) is 18.2 Å². The fourth-order valence-corrected chi connectivity index (χ4v) is 2.99. The van der Waals surface area contributed by atoms with Crippen LogP contribution in [0.2, 0.25) is 0 Å². The van der Waals surface area contributed by atoms with E-state index in [4.69, 9.17) is 4.74 Å². The summed E-state index contributed by atoms with van der Waals surface area (Å²) >= 11 is 0. The molecule has 0 atom stereocenters. The Hall–Kier alpha value is -1.45. The number of aromatic nitrogens is 1. The first kappa shape index (κ1) is 13.5. The summed E-state index contributed by atoms with van der Waals surface area (Å²) in [6, 6.07) is 10.5. The van der Waals surface area contributed by atoms with Crippen LogP contribution in [-0.2, 0) is 11.3 Å². The number of rotatable bonds is 5. The van der Waals surface area contributed by atoms with Crippen LogP contribution in [0.4, 0.5) is 0 Å². The van der Waals surface area contributed by atoms with Gasteiger partial charge in [-0.2, -0.15) is 0 Å². The molecule has 0 amide bonds. The van der Waals surface area contributed by atoms with Crippen molar-refractivity contribution in [1.82, 2.24) is 10.3 Å². The van der Waals surface area contributed by atoms with Gasteiger partial charge in [-0.25, -0.2) is 0 Å². The van der Waals surface area contributed by atoms with Crippen LogP contribution in [0.1, 0.15) is 30.5 Å². The van der Waals surface area contributed by atoms with Gasteiger partial charge in [0.15, 0.2) is 0 Å². The molecule has 0 aliphatic heterocycles. The number of hydrogen-bond donors (Lipinski definition) is 1.